The largest absolute Gasteiger partial charge is 0.395 e. The van der Waals surface area contributed by atoms with Crippen molar-refractivity contribution in [3.63, 3.8) is 0 Å². The molecule has 0 amide bonds. The first-order chi connectivity index (χ1) is 6.71. The number of rotatable bonds is 4. The molecule has 0 aromatic rings. The summed E-state index contributed by atoms with van der Waals surface area (Å²) in [6.45, 7) is 4.96. The first-order valence-corrected chi connectivity index (χ1v) is 6.74. The van der Waals surface area contributed by atoms with Crippen LogP contribution in [0, 0.1) is 11.3 Å². The standard InChI is InChI=1S/C11H20BrNO/c1-9-2-5-13(10(9)6-14)8-11(7-12)3-4-11/h9-10,14H,2-8H2,1H3. The van der Waals surface area contributed by atoms with Crippen molar-refractivity contribution in [2.45, 2.75) is 32.2 Å². The number of alkyl halides is 1. The molecule has 0 aromatic heterocycles. The second-order valence-electron chi connectivity index (χ2n) is 5.12. The average molecular weight is 262 g/mol. The summed E-state index contributed by atoms with van der Waals surface area (Å²) in [5.74, 6) is 0.672. The molecule has 2 aliphatic rings. The molecular weight excluding hydrogens is 242 g/mol. The van der Waals surface area contributed by atoms with Gasteiger partial charge in [0.1, 0.15) is 0 Å². The first kappa shape index (κ1) is 10.9. The Morgan fingerprint density at radius 3 is 2.71 bits per heavy atom. The van der Waals surface area contributed by atoms with E-state index < -0.39 is 0 Å². The molecule has 1 heterocycles. The molecular formula is C11H20BrNO. The SMILES string of the molecule is CC1CCN(CC2(CBr)CC2)C1CO. The van der Waals surface area contributed by atoms with Crippen LogP contribution in [0.2, 0.25) is 0 Å². The number of aliphatic hydroxyl groups is 1. The second-order valence-corrected chi connectivity index (χ2v) is 5.68. The minimum Gasteiger partial charge on any atom is -0.395 e. The third kappa shape index (κ3) is 2.00. The summed E-state index contributed by atoms with van der Waals surface area (Å²) in [5, 5.41) is 10.5. The van der Waals surface area contributed by atoms with E-state index in [2.05, 4.69) is 27.8 Å². The minimum atomic E-state index is 0.333. The van der Waals surface area contributed by atoms with E-state index in [1.54, 1.807) is 0 Å². The van der Waals surface area contributed by atoms with Gasteiger partial charge in [0.25, 0.3) is 0 Å². The lowest BCUT2D eigenvalue weighted by atomic mass is 10.0. The van der Waals surface area contributed by atoms with Gasteiger partial charge in [-0.25, -0.2) is 0 Å². The molecule has 0 aromatic carbocycles. The van der Waals surface area contributed by atoms with Crippen molar-refractivity contribution < 1.29 is 5.11 Å². The van der Waals surface area contributed by atoms with Crippen LogP contribution in [0.25, 0.3) is 0 Å². The quantitative estimate of drug-likeness (QED) is 0.782. The summed E-state index contributed by atoms with van der Waals surface area (Å²) in [6.07, 6.45) is 3.98. The van der Waals surface area contributed by atoms with Gasteiger partial charge in [-0.3, -0.25) is 4.90 Å². The van der Waals surface area contributed by atoms with Crippen LogP contribution in [-0.4, -0.2) is 41.1 Å². The van der Waals surface area contributed by atoms with Crippen molar-refractivity contribution in [2.75, 3.05) is 25.0 Å². The molecule has 1 saturated carbocycles. The lowest BCUT2D eigenvalue weighted by molar-refractivity contribution is 0.124. The van der Waals surface area contributed by atoms with E-state index in [1.165, 1.54) is 32.4 Å². The van der Waals surface area contributed by atoms with Gasteiger partial charge in [-0.2, -0.15) is 0 Å². The van der Waals surface area contributed by atoms with Gasteiger partial charge < -0.3 is 5.11 Å². The number of hydrogen-bond donors (Lipinski definition) is 1. The van der Waals surface area contributed by atoms with Crippen LogP contribution in [0.15, 0.2) is 0 Å². The molecule has 2 rings (SSSR count). The molecule has 0 spiro atoms. The maximum atomic E-state index is 9.34. The highest BCUT2D eigenvalue weighted by Gasteiger charge is 2.45. The van der Waals surface area contributed by atoms with Gasteiger partial charge in [0.05, 0.1) is 6.61 Å². The molecule has 2 unspecified atom stereocenters. The molecule has 2 nitrogen and oxygen atoms in total. The van der Waals surface area contributed by atoms with Gasteiger partial charge >= 0.3 is 0 Å². The summed E-state index contributed by atoms with van der Waals surface area (Å²) in [4.78, 5) is 2.50. The fourth-order valence-corrected chi connectivity index (χ4v) is 3.26. The smallest absolute Gasteiger partial charge is 0.0589 e. The van der Waals surface area contributed by atoms with Gasteiger partial charge in [-0.05, 0) is 37.1 Å². The fourth-order valence-electron chi connectivity index (χ4n) is 2.52. The Morgan fingerprint density at radius 2 is 2.21 bits per heavy atom. The Balaban J connectivity index is 1.91. The molecule has 0 radical (unpaired) electrons. The van der Waals surface area contributed by atoms with E-state index in [9.17, 15) is 5.11 Å². The summed E-state index contributed by atoms with van der Waals surface area (Å²) in [6, 6.07) is 0.423. The van der Waals surface area contributed by atoms with Crippen LogP contribution in [0.4, 0.5) is 0 Å². The molecule has 0 bridgehead atoms. The number of aliphatic hydroxyl groups excluding tert-OH is 1. The third-order valence-electron chi connectivity index (χ3n) is 3.96. The average Bonchev–Trinajstić information content (AvgIpc) is 2.87. The lowest BCUT2D eigenvalue weighted by Crippen LogP contribution is -2.39. The highest BCUT2D eigenvalue weighted by atomic mass is 79.9. The molecule has 1 aliphatic carbocycles. The first-order valence-electron chi connectivity index (χ1n) is 5.62. The number of likely N-dealkylation sites (tertiary alicyclic amines) is 1. The van der Waals surface area contributed by atoms with E-state index in [0.29, 0.717) is 24.0 Å². The molecule has 1 saturated heterocycles. The maximum absolute atomic E-state index is 9.34. The van der Waals surface area contributed by atoms with Gasteiger partial charge in [-0.15, -0.1) is 0 Å². The number of halogens is 1. The second kappa shape index (κ2) is 4.11. The molecule has 2 fully saturated rings. The van der Waals surface area contributed by atoms with Crippen LogP contribution in [0.1, 0.15) is 26.2 Å². The van der Waals surface area contributed by atoms with E-state index in [1.807, 2.05) is 0 Å². The molecule has 1 aliphatic heterocycles. The van der Waals surface area contributed by atoms with E-state index in [4.69, 9.17) is 0 Å². The number of nitrogens with zero attached hydrogens (tertiary/aromatic N) is 1. The molecule has 14 heavy (non-hydrogen) atoms. The zero-order valence-electron chi connectivity index (χ0n) is 8.88. The van der Waals surface area contributed by atoms with Gasteiger partial charge in [0.15, 0.2) is 0 Å². The van der Waals surface area contributed by atoms with E-state index >= 15 is 0 Å². The Labute approximate surface area is 94.8 Å². The summed E-state index contributed by atoms with van der Waals surface area (Å²) in [7, 11) is 0. The fraction of sp³-hybridized carbons (Fsp3) is 1.00. The van der Waals surface area contributed by atoms with Crippen molar-refractivity contribution >= 4 is 15.9 Å². The molecule has 82 valence electrons. The van der Waals surface area contributed by atoms with Gasteiger partial charge in [0.2, 0.25) is 0 Å². The summed E-state index contributed by atoms with van der Waals surface area (Å²) in [5.41, 5.74) is 0.553. The number of hydrogen-bond acceptors (Lipinski definition) is 2. The molecule has 1 N–H and O–H groups in total. The summed E-state index contributed by atoms with van der Waals surface area (Å²) >= 11 is 3.61. The van der Waals surface area contributed by atoms with Crippen LogP contribution < -0.4 is 0 Å². The predicted molar refractivity (Wildman–Crippen MR) is 61.7 cm³/mol. The van der Waals surface area contributed by atoms with Crippen LogP contribution in [0.5, 0.6) is 0 Å². The van der Waals surface area contributed by atoms with E-state index in [-0.39, 0.29) is 0 Å². The highest BCUT2D eigenvalue weighted by molar-refractivity contribution is 9.09. The van der Waals surface area contributed by atoms with Crippen LogP contribution in [0.3, 0.4) is 0 Å². The predicted octanol–water partition coefficient (Wildman–Crippen LogP) is 1.86. The Bertz CT molecular complexity index is 205. The zero-order valence-corrected chi connectivity index (χ0v) is 10.5. The van der Waals surface area contributed by atoms with Gasteiger partial charge in [-0.1, -0.05) is 22.9 Å². The Kier molecular flexibility index (Phi) is 3.20. The monoisotopic (exact) mass is 261 g/mol. The van der Waals surface area contributed by atoms with Gasteiger partial charge in [0, 0.05) is 17.9 Å². The minimum absolute atomic E-state index is 0.333. The topological polar surface area (TPSA) is 23.5 Å². The highest BCUT2D eigenvalue weighted by Crippen LogP contribution is 2.48. The van der Waals surface area contributed by atoms with Crippen molar-refractivity contribution in [2.24, 2.45) is 11.3 Å². The Hall–Kier alpha value is 0.400. The van der Waals surface area contributed by atoms with Crippen molar-refractivity contribution in [3.8, 4) is 0 Å². The third-order valence-corrected chi connectivity index (χ3v) is 5.15. The van der Waals surface area contributed by atoms with Crippen molar-refractivity contribution in [1.29, 1.82) is 0 Å². The van der Waals surface area contributed by atoms with Crippen LogP contribution >= 0.6 is 15.9 Å². The zero-order chi connectivity index (χ0) is 10.2. The van der Waals surface area contributed by atoms with Crippen LogP contribution in [-0.2, 0) is 0 Å². The lowest BCUT2D eigenvalue weighted by Gasteiger charge is -2.28. The van der Waals surface area contributed by atoms with Crippen molar-refractivity contribution in [1.82, 2.24) is 4.90 Å². The van der Waals surface area contributed by atoms with E-state index in [0.717, 1.165) is 5.33 Å². The Morgan fingerprint density at radius 1 is 1.50 bits per heavy atom. The molecule has 3 heteroatoms. The van der Waals surface area contributed by atoms with Crippen molar-refractivity contribution in [3.05, 3.63) is 0 Å². The summed E-state index contributed by atoms with van der Waals surface area (Å²) < 4.78 is 0. The molecule has 2 atom stereocenters. The maximum Gasteiger partial charge on any atom is 0.0589 e. The normalized spacial score (nSPS) is 36.2.